The van der Waals surface area contributed by atoms with Crippen LogP contribution in [0.25, 0.3) is 0 Å². The molecule has 1 amide bonds. The first-order chi connectivity index (χ1) is 11.4. The fraction of sp³-hybridized carbons (Fsp3) is 0.375. The fourth-order valence-electron chi connectivity index (χ4n) is 2.22. The smallest absolute Gasteiger partial charge is 0.307 e. The largest absolute Gasteiger partial charge is 0.375 e. The average Bonchev–Trinajstić information content (AvgIpc) is 3.07. The zero-order valence-electron chi connectivity index (χ0n) is 13.8. The summed E-state index contributed by atoms with van der Waals surface area (Å²) >= 11 is 0. The molecule has 0 spiro atoms. The molecule has 2 aromatic rings. The number of rotatable bonds is 7. The van der Waals surface area contributed by atoms with Gasteiger partial charge in [0, 0.05) is 13.7 Å². The molecular formula is C16H20N4O4. The van der Waals surface area contributed by atoms with E-state index in [2.05, 4.69) is 10.4 Å². The van der Waals surface area contributed by atoms with Crippen molar-refractivity contribution in [3.8, 4) is 0 Å². The fourth-order valence-corrected chi connectivity index (χ4v) is 2.22. The van der Waals surface area contributed by atoms with Crippen molar-refractivity contribution in [1.29, 1.82) is 0 Å². The molecule has 0 aliphatic rings. The Morgan fingerprint density at radius 3 is 2.62 bits per heavy atom. The number of hydrogen-bond donors (Lipinski definition) is 1. The quantitative estimate of drug-likeness (QED) is 0.618. The molecule has 0 radical (unpaired) electrons. The molecule has 0 aliphatic heterocycles. The molecular weight excluding hydrogens is 312 g/mol. The topological polar surface area (TPSA) is 99.3 Å². The van der Waals surface area contributed by atoms with E-state index in [1.165, 1.54) is 10.9 Å². The second-order valence-corrected chi connectivity index (χ2v) is 5.80. The van der Waals surface area contributed by atoms with E-state index in [1.807, 2.05) is 30.3 Å². The summed E-state index contributed by atoms with van der Waals surface area (Å²) < 4.78 is 6.70. The van der Waals surface area contributed by atoms with Gasteiger partial charge in [-0.3, -0.25) is 19.6 Å². The van der Waals surface area contributed by atoms with Crippen LogP contribution < -0.4 is 5.32 Å². The van der Waals surface area contributed by atoms with Gasteiger partial charge in [-0.25, -0.2) is 0 Å². The minimum atomic E-state index is -1.07. The van der Waals surface area contributed by atoms with Gasteiger partial charge in [-0.2, -0.15) is 5.10 Å². The van der Waals surface area contributed by atoms with Crippen molar-refractivity contribution in [2.24, 2.45) is 0 Å². The predicted octanol–water partition coefficient (Wildman–Crippen LogP) is 2.03. The third-order valence-corrected chi connectivity index (χ3v) is 3.81. The lowest BCUT2D eigenvalue weighted by Gasteiger charge is -2.25. The van der Waals surface area contributed by atoms with Crippen LogP contribution in [0.3, 0.4) is 0 Å². The van der Waals surface area contributed by atoms with E-state index in [9.17, 15) is 14.9 Å². The van der Waals surface area contributed by atoms with Crippen molar-refractivity contribution in [3.05, 3.63) is 58.4 Å². The molecule has 0 saturated heterocycles. The van der Waals surface area contributed by atoms with Crippen molar-refractivity contribution in [2.45, 2.75) is 25.5 Å². The molecule has 1 atom stereocenters. The van der Waals surface area contributed by atoms with E-state index < -0.39 is 10.5 Å². The van der Waals surface area contributed by atoms with E-state index in [0.29, 0.717) is 0 Å². The second-order valence-electron chi connectivity index (χ2n) is 5.80. The first-order valence-electron chi connectivity index (χ1n) is 7.42. The summed E-state index contributed by atoms with van der Waals surface area (Å²) in [5.41, 5.74) is -0.272. The van der Waals surface area contributed by atoms with E-state index in [4.69, 9.17) is 4.74 Å². The third-order valence-electron chi connectivity index (χ3n) is 3.81. The summed E-state index contributed by atoms with van der Waals surface area (Å²) in [5, 5.41) is 17.5. The molecule has 1 heterocycles. The summed E-state index contributed by atoms with van der Waals surface area (Å²) in [6.07, 6.45) is 2.08. The Labute approximate surface area is 139 Å². The number of ether oxygens (including phenoxy) is 1. The highest BCUT2D eigenvalue weighted by Crippen LogP contribution is 2.20. The molecule has 0 aliphatic carbocycles. The van der Waals surface area contributed by atoms with E-state index in [-0.39, 0.29) is 24.2 Å². The van der Waals surface area contributed by atoms with Crippen molar-refractivity contribution in [2.75, 3.05) is 13.7 Å². The normalized spacial score (nSPS) is 12.6. The Balaban J connectivity index is 2.05. The van der Waals surface area contributed by atoms with Crippen LogP contribution >= 0.6 is 0 Å². The molecule has 0 bridgehead atoms. The zero-order valence-corrected chi connectivity index (χ0v) is 13.8. The molecule has 0 saturated carbocycles. The second kappa shape index (κ2) is 7.22. The number of methoxy groups -OCH3 is 1. The molecule has 2 rings (SSSR count). The third kappa shape index (κ3) is 3.77. The highest BCUT2D eigenvalue weighted by molar-refractivity contribution is 5.83. The molecule has 24 heavy (non-hydrogen) atoms. The molecule has 1 aromatic heterocycles. The lowest BCUT2D eigenvalue weighted by molar-refractivity contribution is -0.385. The standard InChI is InChI=1S/C16H20N4O4/c1-16(2,19-11-13(9-18-19)20(22)23)15(21)17-10-14(24-3)12-7-5-4-6-8-12/h4-9,11,14H,10H2,1-3H3,(H,17,21)/t14-/m1/s1. The lowest BCUT2D eigenvalue weighted by atomic mass is 10.0. The molecule has 8 heteroatoms. The SMILES string of the molecule is CO[C@H](CNC(=O)C(C)(C)n1cc([N+](=O)[O-])cn1)c1ccccc1. The Morgan fingerprint density at radius 2 is 2.08 bits per heavy atom. The van der Waals surface area contributed by atoms with Crippen molar-refractivity contribution in [3.63, 3.8) is 0 Å². The maximum Gasteiger partial charge on any atom is 0.307 e. The predicted molar refractivity (Wildman–Crippen MR) is 87.4 cm³/mol. The number of carbonyl (C=O) groups excluding carboxylic acids is 1. The highest BCUT2D eigenvalue weighted by atomic mass is 16.6. The molecule has 8 nitrogen and oxygen atoms in total. The van der Waals surface area contributed by atoms with E-state index in [0.717, 1.165) is 11.8 Å². The Hall–Kier alpha value is -2.74. The van der Waals surface area contributed by atoms with Crippen molar-refractivity contribution >= 4 is 11.6 Å². The van der Waals surface area contributed by atoms with Crippen molar-refractivity contribution < 1.29 is 14.5 Å². The molecule has 0 fully saturated rings. The van der Waals surface area contributed by atoms with Gasteiger partial charge in [-0.05, 0) is 19.4 Å². The summed E-state index contributed by atoms with van der Waals surface area (Å²) in [7, 11) is 1.58. The molecule has 0 unspecified atom stereocenters. The minimum absolute atomic E-state index is 0.157. The van der Waals surface area contributed by atoms with Crippen LogP contribution in [0.15, 0.2) is 42.7 Å². The Kier molecular flexibility index (Phi) is 5.30. The number of nitro groups is 1. The van der Waals surface area contributed by atoms with Gasteiger partial charge in [-0.15, -0.1) is 0 Å². The number of benzene rings is 1. The maximum absolute atomic E-state index is 12.5. The minimum Gasteiger partial charge on any atom is -0.375 e. The average molecular weight is 332 g/mol. The van der Waals surface area contributed by atoms with Gasteiger partial charge in [0.05, 0.1) is 11.0 Å². The van der Waals surface area contributed by atoms with Crippen LogP contribution in [0.4, 0.5) is 5.69 Å². The van der Waals surface area contributed by atoms with Crippen LogP contribution in [0.5, 0.6) is 0 Å². The first-order valence-corrected chi connectivity index (χ1v) is 7.42. The van der Waals surface area contributed by atoms with Gasteiger partial charge < -0.3 is 10.1 Å². The monoisotopic (exact) mass is 332 g/mol. The van der Waals surface area contributed by atoms with E-state index in [1.54, 1.807) is 21.0 Å². The number of hydrogen-bond acceptors (Lipinski definition) is 5. The highest BCUT2D eigenvalue weighted by Gasteiger charge is 2.32. The van der Waals surface area contributed by atoms with Crippen LogP contribution in [-0.2, 0) is 15.1 Å². The van der Waals surface area contributed by atoms with Gasteiger partial charge in [0.15, 0.2) is 0 Å². The van der Waals surface area contributed by atoms with Crippen LogP contribution in [-0.4, -0.2) is 34.3 Å². The number of nitrogens with one attached hydrogen (secondary N) is 1. The number of aromatic nitrogens is 2. The zero-order chi connectivity index (χ0) is 17.7. The van der Waals surface area contributed by atoms with Gasteiger partial charge >= 0.3 is 5.69 Å². The van der Waals surface area contributed by atoms with Crippen LogP contribution in [0.1, 0.15) is 25.5 Å². The summed E-state index contributed by atoms with van der Waals surface area (Å²) in [5.74, 6) is -0.307. The maximum atomic E-state index is 12.5. The van der Waals surface area contributed by atoms with Crippen LogP contribution in [0, 0.1) is 10.1 Å². The lowest BCUT2D eigenvalue weighted by Crippen LogP contribution is -2.46. The molecule has 128 valence electrons. The van der Waals surface area contributed by atoms with Gasteiger partial charge in [-0.1, -0.05) is 30.3 Å². The first kappa shape index (κ1) is 17.6. The summed E-state index contributed by atoms with van der Waals surface area (Å²) in [6.45, 7) is 3.57. The Morgan fingerprint density at radius 1 is 1.42 bits per heavy atom. The van der Waals surface area contributed by atoms with Crippen molar-refractivity contribution in [1.82, 2.24) is 15.1 Å². The van der Waals surface area contributed by atoms with Gasteiger partial charge in [0.2, 0.25) is 5.91 Å². The van der Waals surface area contributed by atoms with Crippen LogP contribution in [0.2, 0.25) is 0 Å². The van der Waals surface area contributed by atoms with E-state index >= 15 is 0 Å². The van der Waals surface area contributed by atoms with Gasteiger partial charge in [0.25, 0.3) is 0 Å². The molecule has 1 aromatic carbocycles. The number of carbonyl (C=O) groups is 1. The molecule has 1 N–H and O–H groups in total. The van der Waals surface area contributed by atoms with Gasteiger partial charge in [0.1, 0.15) is 17.9 Å². The number of amides is 1. The summed E-state index contributed by atoms with van der Waals surface area (Å²) in [4.78, 5) is 22.7. The Bertz CT molecular complexity index is 712. The summed E-state index contributed by atoms with van der Waals surface area (Å²) in [6, 6.07) is 9.54. The number of nitrogens with zero attached hydrogens (tertiary/aromatic N) is 3.